The Morgan fingerprint density at radius 2 is 2.04 bits per heavy atom. The van der Waals surface area contributed by atoms with Crippen LogP contribution in [0.25, 0.3) is 0 Å². The zero-order chi connectivity index (χ0) is 16.3. The van der Waals surface area contributed by atoms with Crippen molar-refractivity contribution < 1.29 is 13.9 Å². The summed E-state index contributed by atoms with van der Waals surface area (Å²) in [6.45, 7) is 2.89. The van der Waals surface area contributed by atoms with Gasteiger partial charge >= 0.3 is 0 Å². The molecule has 1 N–H and O–H groups in total. The average molecular weight is 314 g/mol. The molecule has 0 saturated carbocycles. The van der Waals surface area contributed by atoms with Crippen LogP contribution in [0, 0.1) is 0 Å². The minimum Gasteiger partial charge on any atom is -0.494 e. The van der Waals surface area contributed by atoms with E-state index < -0.39 is 0 Å². The topological polar surface area (TPSA) is 63.8 Å². The molecule has 1 aromatic carbocycles. The summed E-state index contributed by atoms with van der Waals surface area (Å²) in [4.78, 5) is 11.9. The van der Waals surface area contributed by atoms with Crippen LogP contribution in [0.1, 0.15) is 48.7 Å². The molecule has 2 aromatic rings. The minimum atomic E-state index is -0.276. The van der Waals surface area contributed by atoms with Gasteiger partial charge < -0.3 is 9.15 Å². The van der Waals surface area contributed by atoms with Gasteiger partial charge in [0.1, 0.15) is 11.5 Å². The maximum absolute atomic E-state index is 11.9. The van der Waals surface area contributed by atoms with Crippen LogP contribution in [0.4, 0.5) is 0 Å². The molecule has 122 valence electrons. The Bertz CT molecular complexity index is 604. The molecule has 0 bridgehead atoms. The average Bonchev–Trinajstić information content (AvgIpc) is 3.08. The normalized spacial score (nSPS) is 10.8. The van der Waals surface area contributed by atoms with E-state index in [9.17, 15) is 4.79 Å². The molecular formula is C18H22N2O3. The van der Waals surface area contributed by atoms with Crippen molar-refractivity contribution >= 4 is 12.1 Å². The second-order valence-electron chi connectivity index (χ2n) is 5.15. The standard InChI is InChI=1S/C18H22N2O3/c1-2-3-4-5-12-22-16-10-8-15(9-11-16)18(21)20-19-14-17-7-6-13-23-17/h6-11,13-14H,2-5,12H2,1H3,(H,20,21)/b19-14-. The molecular weight excluding hydrogens is 292 g/mol. The summed E-state index contributed by atoms with van der Waals surface area (Å²) >= 11 is 0. The Hall–Kier alpha value is -2.56. The molecule has 23 heavy (non-hydrogen) atoms. The third-order valence-electron chi connectivity index (χ3n) is 3.28. The molecule has 5 nitrogen and oxygen atoms in total. The first-order valence-electron chi connectivity index (χ1n) is 7.89. The highest BCUT2D eigenvalue weighted by atomic mass is 16.5. The summed E-state index contributed by atoms with van der Waals surface area (Å²) in [5, 5.41) is 3.84. The summed E-state index contributed by atoms with van der Waals surface area (Å²) in [6.07, 6.45) is 7.69. The minimum absolute atomic E-state index is 0.276. The zero-order valence-corrected chi connectivity index (χ0v) is 13.3. The number of benzene rings is 1. The molecule has 0 spiro atoms. The molecule has 2 rings (SSSR count). The number of ether oxygens (including phenoxy) is 1. The van der Waals surface area contributed by atoms with Crippen LogP contribution in [-0.2, 0) is 0 Å². The number of hydrogen-bond donors (Lipinski definition) is 1. The molecule has 1 aromatic heterocycles. The smallest absolute Gasteiger partial charge is 0.271 e. The lowest BCUT2D eigenvalue weighted by Crippen LogP contribution is -2.17. The molecule has 0 fully saturated rings. The Balaban J connectivity index is 1.76. The maximum atomic E-state index is 11.9. The van der Waals surface area contributed by atoms with E-state index in [1.54, 1.807) is 42.7 Å². The number of unbranched alkanes of at least 4 members (excludes halogenated alkanes) is 3. The third kappa shape index (κ3) is 5.98. The van der Waals surface area contributed by atoms with E-state index in [-0.39, 0.29) is 5.91 Å². The van der Waals surface area contributed by atoms with Gasteiger partial charge in [-0.3, -0.25) is 4.79 Å². The zero-order valence-electron chi connectivity index (χ0n) is 13.3. The highest BCUT2D eigenvalue weighted by Gasteiger charge is 2.04. The highest BCUT2D eigenvalue weighted by Crippen LogP contribution is 2.13. The van der Waals surface area contributed by atoms with Crippen LogP contribution < -0.4 is 10.2 Å². The Morgan fingerprint density at radius 3 is 2.74 bits per heavy atom. The maximum Gasteiger partial charge on any atom is 0.271 e. The number of rotatable bonds is 9. The van der Waals surface area contributed by atoms with E-state index >= 15 is 0 Å². The number of amides is 1. The van der Waals surface area contributed by atoms with Gasteiger partial charge in [-0.25, -0.2) is 5.43 Å². The van der Waals surface area contributed by atoms with Crippen LogP contribution in [0.3, 0.4) is 0 Å². The molecule has 0 unspecified atom stereocenters. The number of hydrogen-bond acceptors (Lipinski definition) is 4. The van der Waals surface area contributed by atoms with Crippen LogP contribution >= 0.6 is 0 Å². The first-order chi connectivity index (χ1) is 11.3. The van der Waals surface area contributed by atoms with Crippen LogP contribution in [0.2, 0.25) is 0 Å². The van der Waals surface area contributed by atoms with E-state index in [2.05, 4.69) is 17.5 Å². The second-order valence-corrected chi connectivity index (χ2v) is 5.15. The fourth-order valence-electron chi connectivity index (χ4n) is 2.01. The quantitative estimate of drug-likeness (QED) is 0.432. The first kappa shape index (κ1) is 16.8. The van der Waals surface area contributed by atoms with Crippen molar-refractivity contribution in [2.45, 2.75) is 32.6 Å². The van der Waals surface area contributed by atoms with Gasteiger partial charge in [0.2, 0.25) is 0 Å². The molecule has 1 amide bonds. The summed E-state index contributed by atoms with van der Waals surface area (Å²) in [7, 11) is 0. The lowest BCUT2D eigenvalue weighted by atomic mass is 10.2. The second kappa shape index (κ2) is 9.46. The monoisotopic (exact) mass is 314 g/mol. The summed E-state index contributed by atoms with van der Waals surface area (Å²) < 4.78 is 10.7. The summed E-state index contributed by atoms with van der Waals surface area (Å²) in [5.41, 5.74) is 2.98. The van der Waals surface area contributed by atoms with Crippen molar-refractivity contribution in [1.29, 1.82) is 0 Å². The predicted molar refractivity (Wildman–Crippen MR) is 89.8 cm³/mol. The SMILES string of the molecule is CCCCCCOc1ccc(C(=O)N/N=C\c2ccco2)cc1. The lowest BCUT2D eigenvalue weighted by molar-refractivity contribution is 0.0955. The molecule has 0 aliphatic carbocycles. The number of nitrogens with zero attached hydrogens (tertiary/aromatic N) is 1. The van der Waals surface area contributed by atoms with Crippen molar-refractivity contribution in [2.75, 3.05) is 6.61 Å². The van der Waals surface area contributed by atoms with Crippen LogP contribution in [0.5, 0.6) is 5.75 Å². The summed E-state index contributed by atoms with van der Waals surface area (Å²) in [6, 6.07) is 10.5. The number of hydrazone groups is 1. The number of nitrogens with one attached hydrogen (secondary N) is 1. The van der Waals surface area contributed by atoms with Crippen molar-refractivity contribution in [3.8, 4) is 5.75 Å². The largest absolute Gasteiger partial charge is 0.494 e. The molecule has 0 aliphatic heterocycles. The van der Waals surface area contributed by atoms with Gasteiger partial charge in [0.25, 0.3) is 5.91 Å². The van der Waals surface area contributed by atoms with E-state index in [0.717, 1.165) is 12.2 Å². The number of carbonyl (C=O) groups is 1. The van der Waals surface area contributed by atoms with Gasteiger partial charge in [0, 0.05) is 5.56 Å². The van der Waals surface area contributed by atoms with Gasteiger partial charge in [-0.15, -0.1) is 0 Å². The number of furan rings is 1. The lowest BCUT2D eigenvalue weighted by Gasteiger charge is -2.06. The fraction of sp³-hybridized carbons (Fsp3) is 0.333. The van der Waals surface area contributed by atoms with E-state index in [1.165, 1.54) is 25.5 Å². The number of carbonyl (C=O) groups excluding carboxylic acids is 1. The molecule has 0 aliphatic rings. The van der Waals surface area contributed by atoms with Gasteiger partial charge in [-0.1, -0.05) is 26.2 Å². The van der Waals surface area contributed by atoms with E-state index in [0.29, 0.717) is 17.9 Å². The Labute approximate surface area is 136 Å². The van der Waals surface area contributed by atoms with Crippen LogP contribution in [0.15, 0.2) is 52.2 Å². The van der Waals surface area contributed by atoms with Crippen molar-refractivity contribution in [3.63, 3.8) is 0 Å². The molecule has 0 saturated heterocycles. The van der Waals surface area contributed by atoms with Crippen molar-refractivity contribution in [1.82, 2.24) is 5.43 Å². The Kier molecular flexibility index (Phi) is 6.91. The van der Waals surface area contributed by atoms with Crippen molar-refractivity contribution in [3.05, 3.63) is 54.0 Å². The van der Waals surface area contributed by atoms with Gasteiger partial charge in [0.15, 0.2) is 0 Å². The molecule has 1 heterocycles. The van der Waals surface area contributed by atoms with Crippen molar-refractivity contribution in [2.24, 2.45) is 5.10 Å². The Morgan fingerprint density at radius 1 is 1.22 bits per heavy atom. The molecule has 5 heteroatoms. The van der Waals surface area contributed by atoms with Crippen LogP contribution in [-0.4, -0.2) is 18.7 Å². The third-order valence-corrected chi connectivity index (χ3v) is 3.28. The first-order valence-corrected chi connectivity index (χ1v) is 7.89. The van der Waals surface area contributed by atoms with Gasteiger partial charge in [-0.2, -0.15) is 5.10 Å². The highest BCUT2D eigenvalue weighted by molar-refractivity contribution is 5.94. The van der Waals surface area contributed by atoms with Gasteiger partial charge in [0.05, 0.1) is 19.1 Å². The fourth-order valence-corrected chi connectivity index (χ4v) is 2.01. The predicted octanol–water partition coefficient (Wildman–Crippen LogP) is 4.00. The molecule has 0 atom stereocenters. The molecule has 0 radical (unpaired) electrons. The van der Waals surface area contributed by atoms with E-state index in [1.807, 2.05) is 0 Å². The van der Waals surface area contributed by atoms with Gasteiger partial charge in [-0.05, 0) is 42.8 Å². The van der Waals surface area contributed by atoms with E-state index in [4.69, 9.17) is 9.15 Å². The summed E-state index contributed by atoms with van der Waals surface area (Å²) in [5.74, 6) is 1.08.